The molecule has 0 fully saturated rings. The molecule has 0 unspecified atom stereocenters. The molecule has 0 bridgehead atoms. The normalized spacial score (nSPS) is 12.4. The zero-order chi connectivity index (χ0) is 15.8. The topological polar surface area (TPSA) is 72.5 Å². The Kier molecular flexibility index (Phi) is 3.27. The molecule has 4 rings (SSSR count). The van der Waals surface area contributed by atoms with Gasteiger partial charge in [0.1, 0.15) is 0 Å². The Morgan fingerprint density at radius 1 is 1.13 bits per heavy atom. The standard InChI is InChI=1S/C16H13N3O3S/c1-9-2-4-10(5-3-9)17-15(20)19-16-18-11-6-12-13(22-8-21-12)7-14(11)23-16/h2-7H,8H2,1H3,(H2,17,18,19,20). The summed E-state index contributed by atoms with van der Waals surface area (Å²) in [6, 6.07) is 11.0. The van der Waals surface area contributed by atoms with E-state index in [1.807, 2.05) is 43.3 Å². The van der Waals surface area contributed by atoms with Crippen LogP contribution < -0.4 is 20.1 Å². The zero-order valence-electron chi connectivity index (χ0n) is 12.3. The Morgan fingerprint density at radius 2 is 1.87 bits per heavy atom. The number of aromatic nitrogens is 1. The number of hydrogen-bond donors (Lipinski definition) is 2. The van der Waals surface area contributed by atoms with Gasteiger partial charge in [0, 0.05) is 17.8 Å². The molecular weight excluding hydrogens is 314 g/mol. The Bertz CT molecular complexity index is 848. The molecule has 2 N–H and O–H groups in total. The van der Waals surface area contributed by atoms with E-state index >= 15 is 0 Å². The lowest BCUT2D eigenvalue weighted by atomic mass is 10.2. The van der Waals surface area contributed by atoms with E-state index in [2.05, 4.69) is 15.6 Å². The lowest BCUT2D eigenvalue weighted by Crippen LogP contribution is -2.19. The quantitative estimate of drug-likeness (QED) is 0.747. The number of carbonyl (C=O) groups is 1. The second kappa shape index (κ2) is 5.44. The number of nitrogens with zero attached hydrogens (tertiary/aromatic N) is 1. The first kappa shape index (κ1) is 13.8. The number of anilines is 2. The summed E-state index contributed by atoms with van der Waals surface area (Å²) in [6.07, 6.45) is 0. The van der Waals surface area contributed by atoms with Gasteiger partial charge in [-0.2, -0.15) is 0 Å². The van der Waals surface area contributed by atoms with Crippen LogP contribution in [0, 0.1) is 6.92 Å². The van der Waals surface area contributed by atoms with Crippen molar-refractivity contribution in [2.45, 2.75) is 6.92 Å². The molecule has 1 aliphatic rings. The van der Waals surface area contributed by atoms with Crippen molar-refractivity contribution in [1.29, 1.82) is 0 Å². The minimum atomic E-state index is -0.326. The average Bonchev–Trinajstić information content (AvgIpc) is 3.12. The zero-order valence-corrected chi connectivity index (χ0v) is 13.1. The van der Waals surface area contributed by atoms with Crippen LogP contribution in [0.5, 0.6) is 11.5 Å². The Hall–Kier alpha value is -2.80. The third-order valence-electron chi connectivity index (χ3n) is 3.41. The van der Waals surface area contributed by atoms with Crippen LogP contribution in [0.25, 0.3) is 10.2 Å². The van der Waals surface area contributed by atoms with Gasteiger partial charge in [0.05, 0.1) is 10.2 Å². The van der Waals surface area contributed by atoms with Crippen molar-refractivity contribution in [2.24, 2.45) is 0 Å². The molecule has 1 aliphatic heterocycles. The van der Waals surface area contributed by atoms with Crippen molar-refractivity contribution in [2.75, 3.05) is 17.4 Å². The van der Waals surface area contributed by atoms with Crippen LogP contribution in [-0.4, -0.2) is 17.8 Å². The van der Waals surface area contributed by atoms with E-state index in [0.717, 1.165) is 21.5 Å². The van der Waals surface area contributed by atoms with Gasteiger partial charge in [-0.3, -0.25) is 5.32 Å². The molecule has 0 spiro atoms. The number of thiazole rings is 1. The number of carbonyl (C=O) groups excluding carboxylic acids is 1. The van der Waals surface area contributed by atoms with Crippen LogP contribution in [0.3, 0.4) is 0 Å². The van der Waals surface area contributed by atoms with Gasteiger partial charge >= 0.3 is 6.03 Å². The van der Waals surface area contributed by atoms with Crippen LogP contribution in [0.1, 0.15) is 5.56 Å². The molecule has 0 radical (unpaired) electrons. The first-order valence-corrected chi connectivity index (χ1v) is 7.84. The van der Waals surface area contributed by atoms with Gasteiger partial charge < -0.3 is 14.8 Å². The summed E-state index contributed by atoms with van der Waals surface area (Å²) in [5.74, 6) is 1.38. The van der Waals surface area contributed by atoms with Gasteiger partial charge in [0.25, 0.3) is 0 Å². The highest BCUT2D eigenvalue weighted by atomic mass is 32.1. The Morgan fingerprint density at radius 3 is 2.65 bits per heavy atom. The molecule has 23 heavy (non-hydrogen) atoms. The van der Waals surface area contributed by atoms with E-state index < -0.39 is 0 Å². The first-order valence-electron chi connectivity index (χ1n) is 7.02. The highest BCUT2D eigenvalue weighted by molar-refractivity contribution is 7.22. The largest absolute Gasteiger partial charge is 0.454 e. The van der Waals surface area contributed by atoms with E-state index in [1.54, 1.807) is 0 Å². The summed E-state index contributed by atoms with van der Waals surface area (Å²) in [6.45, 7) is 2.23. The fourth-order valence-corrected chi connectivity index (χ4v) is 3.14. The summed E-state index contributed by atoms with van der Waals surface area (Å²) in [7, 11) is 0. The molecule has 0 saturated heterocycles. The predicted molar refractivity (Wildman–Crippen MR) is 89.6 cm³/mol. The second-order valence-electron chi connectivity index (χ2n) is 5.14. The molecular formula is C16H13N3O3S. The van der Waals surface area contributed by atoms with E-state index in [4.69, 9.17) is 9.47 Å². The number of rotatable bonds is 2. The summed E-state index contributed by atoms with van der Waals surface area (Å²) >= 11 is 1.39. The van der Waals surface area contributed by atoms with Crippen LogP contribution >= 0.6 is 11.3 Å². The van der Waals surface area contributed by atoms with E-state index in [0.29, 0.717) is 16.6 Å². The minimum Gasteiger partial charge on any atom is -0.454 e. The van der Waals surface area contributed by atoms with Crippen molar-refractivity contribution in [3.05, 3.63) is 42.0 Å². The maximum absolute atomic E-state index is 12.0. The maximum Gasteiger partial charge on any atom is 0.325 e. The monoisotopic (exact) mass is 327 g/mol. The molecule has 116 valence electrons. The summed E-state index contributed by atoms with van der Waals surface area (Å²) in [4.78, 5) is 16.4. The van der Waals surface area contributed by atoms with Gasteiger partial charge in [0.15, 0.2) is 16.6 Å². The van der Waals surface area contributed by atoms with Crippen molar-refractivity contribution in [1.82, 2.24) is 4.98 Å². The molecule has 2 amide bonds. The molecule has 6 nitrogen and oxygen atoms in total. The molecule has 0 atom stereocenters. The number of hydrogen-bond acceptors (Lipinski definition) is 5. The van der Waals surface area contributed by atoms with E-state index in [1.165, 1.54) is 11.3 Å². The summed E-state index contributed by atoms with van der Waals surface area (Å²) < 4.78 is 11.6. The van der Waals surface area contributed by atoms with Crippen LogP contribution in [-0.2, 0) is 0 Å². The lowest BCUT2D eigenvalue weighted by molar-refractivity contribution is 0.174. The molecule has 1 aromatic heterocycles. The SMILES string of the molecule is Cc1ccc(NC(=O)Nc2nc3cc4c(cc3s2)OCO4)cc1. The Labute approximate surface area is 136 Å². The average molecular weight is 327 g/mol. The van der Waals surface area contributed by atoms with Gasteiger partial charge in [-0.15, -0.1) is 0 Å². The highest BCUT2D eigenvalue weighted by Crippen LogP contribution is 2.38. The Balaban J connectivity index is 1.51. The highest BCUT2D eigenvalue weighted by Gasteiger charge is 2.17. The third-order valence-corrected chi connectivity index (χ3v) is 4.35. The second-order valence-corrected chi connectivity index (χ2v) is 6.17. The fraction of sp³-hybridized carbons (Fsp3) is 0.125. The number of aryl methyl sites for hydroxylation is 1. The van der Waals surface area contributed by atoms with Crippen LogP contribution in [0.15, 0.2) is 36.4 Å². The molecule has 0 aliphatic carbocycles. The van der Waals surface area contributed by atoms with Crippen molar-refractivity contribution >= 4 is 38.4 Å². The van der Waals surface area contributed by atoms with Crippen molar-refractivity contribution in [3.63, 3.8) is 0 Å². The molecule has 2 heterocycles. The van der Waals surface area contributed by atoms with Crippen molar-refractivity contribution in [3.8, 4) is 11.5 Å². The summed E-state index contributed by atoms with van der Waals surface area (Å²) in [5.41, 5.74) is 2.64. The smallest absolute Gasteiger partial charge is 0.325 e. The number of urea groups is 1. The molecule has 0 saturated carbocycles. The summed E-state index contributed by atoms with van der Waals surface area (Å²) in [5, 5.41) is 6.04. The lowest BCUT2D eigenvalue weighted by Gasteiger charge is -2.05. The van der Waals surface area contributed by atoms with Crippen LogP contribution in [0.4, 0.5) is 15.6 Å². The molecule has 7 heteroatoms. The van der Waals surface area contributed by atoms with Gasteiger partial charge in [-0.25, -0.2) is 9.78 Å². The first-order chi connectivity index (χ1) is 11.2. The van der Waals surface area contributed by atoms with Gasteiger partial charge in [-0.1, -0.05) is 29.0 Å². The molecule has 2 aromatic carbocycles. The molecule has 3 aromatic rings. The fourth-order valence-electron chi connectivity index (χ4n) is 2.27. The van der Waals surface area contributed by atoms with E-state index in [9.17, 15) is 4.79 Å². The third kappa shape index (κ3) is 2.78. The number of amides is 2. The maximum atomic E-state index is 12.0. The van der Waals surface area contributed by atoms with Gasteiger partial charge in [-0.05, 0) is 19.1 Å². The van der Waals surface area contributed by atoms with Crippen molar-refractivity contribution < 1.29 is 14.3 Å². The number of benzene rings is 2. The number of nitrogens with one attached hydrogen (secondary N) is 2. The minimum absolute atomic E-state index is 0.233. The predicted octanol–water partition coefficient (Wildman–Crippen LogP) is 3.98. The van der Waals surface area contributed by atoms with E-state index in [-0.39, 0.29) is 12.8 Å². The van der Waals surface area contributed by atoms with Crippen LogP contribution in [0.2, 0.25) is 0 Å². The number of ether oxygens (including phenoxy) is 2. The van der Waals surface area contributed by atoms with Gasteiger partial charge in [0.2, 0.25) is 6.79 Å². The number of fused-ring (bicyclic) bond motifs is 2.